The van der Waals surface area contributed by atoms with E-state index in [1.54, 1.807) is 0 Å². The summed E-state index contributed by atoms with van der Waals surface area (Å²) < 4.78 is 7.44. The molecule has 0 N–H and O–H groups in total. The van der Waals surface area contributed by atoms with Crippen LogP contribution in [0, 0.1) is 0 Å². The quantitative estimate of drug-likeness (QED) is 0.272. The van der Waals surface area contributed by atoms with Crippen LogP contribution in [0.15, 0.2) is 60.9 Å². The SMILES string of the molecule is CCc1cccc(CC)c1-c1cc2c(C3(C(=O)OC)CC3)cn(-c3ccc(C(C)C)cc3)c2cn1. The fraction of sp³-hybridized carbons (Fsp3) is 0.355. The molecule has 1 fully saturated rings. The first-order valence-corrected chi connectivity index (χ1v) is 12.7. The van der Waals surface area contributed by atoms with Crippen LogP contribution in [-0.4, -0.2) is 22.6 Å². The van der Waals surface area contributed by atoms with E-state index in [9.17, 15) is 4.79 Å². The van der Waals surface area contributed by atoms with Crippen molar-refractivity contribution < 1.29 is 9.53 Å². The summed E-state index contributed by atoms with van der Waals surface area (Å²) in [4.78, 5) is 17.9. The molecule has 5 rings (SSSR count). The molecule has 35 heavy (non-hydrogen) atoms. The maximum Gasteiger partial charge on any atom is 0.316 e. The molecule has 4 nitrogen and oxygen atoms in total. The summed E-state index contributed by atoms with van der Waals surface area (Å²) in [6.45, 7) is 8.79. The molecule has 2 aromatic carbocycles. The predicted octanol–water partition coefficient (Wildman–Crippen LogP) is 7.15. The highest BCUT2D eigenvalue weighted by Gasteiger charge is 2.54. The first kappa shape index (κ1) is 23.3. The van der Waals surface area contributed by atoms with Crippen molar-refractivity contribution in [1.82, 2.24) is 9.55 Å². The highest BCUT2D eigenvalue weighted by Crippen LogP contribution is 2.52. The van der Waals surface area contributed by atoms with Gasteiger partial charge in [-0.05, 0) is 72.1 Å². The number of rotatable bonds is 7. The molecule has 0 bridgehead atoms. The summed E-state index contributed by atoms with van der Waals surface area (Å²) in [5.41, 5.74) is 8.68. The van der Waals surface area contributed by atoms with Gasteiger partial charge in [0.2, 0.25) is 0 Å². The lowest BCUT2D eigenvalue weighted by Crippen LogP contribution is -2.21. The number of fused-ring (bicyclic) bond motifs is 1. The number of hydrogen-bond donors (Lipinski definition) is 0. The molecule has 2 aromatic heterocycles. The summed E-state index contributed by atoms with van der Waals surface area (Å²) in [7, 11) is 1.49. The largest absolute Gasteiger partial charge is 0.468 e. The van der Waals surface area contributed by atoms with E-state index in [1.165, 1.54) is 29.4 Å². The molecule has 0 spiro atoms. The molecule has 1 aliphatic rings. The first-order chi connectivity index (χ1) is 16.9. The van der Waals surface area contributed by atoms with E-state index in [4.69, 9.17) is 9.72 Å². The number of aromatic nitrogens is 2. The number of ether oxygens (including phenoxy) is 1. The number of aryl methyl sites for hydroxylation is 2. The van der Waals surface area contributed by atoms with Crippen LogP contribution in [0.25, 0.3) is 27.8 Å². The number of hydrogen-bond acceptors (Lipinski definition) is 3. The number of carbonyl (C=O) groups excluding carboxylic acids is 1. The van der Waals surface area contributed by atoms with Crippen LogP contribution in [0.4, 0.5) is 0 Å². The number of benzene rings is 2. The average Bonchev–Trinajstić information content (AvgIpc) is 3.61. The zero-order valence-corrected chi connectivity index (χ0v) is 21.4. The zero-order chi connectivity index (χ0) is 24.7. The van der Waals surface area contributed by atoms with Gasteiger partial charge in [-0.25, -0.2) is 0 Å². The standard InChI is InChI=1S/C31H34N2O2/c1-6-21-9-8-10-22(7-2)29(21)27-17-25-26(31(15-16-31)30(34)35-5)19-33(28(25)18-32-27)24-13-11-23(12-14-24)20(3)4/h8-14,17-20H,6-7,15-16H2,1-5H3. The fourth-order valence-electron chi connectivity index (χ4n) is 5.35. The lowest BCUT2D eigenvalue weighted by Gasteiger charge is -2.14. The second kappa shape index (κ2) is 8.99. The van der Waals surface area contributed by atoms with E-state index < -0.39 is 5.41 Å². The Hall–Kier alpha value is -3.40. The topological polar surface area (TPSA) is 44.1 Å². The highest BCUT2D eigenvalue weighted by molar-refractivity contribution is 5.97. The fourth-order valence-corrected chi connectivity index (χ4v) is 5.35. The van der Waals surface area contributed by atoms with Crippen LogP contribution in [0.3, 0.4) is 0 Å². The smallest absolute Gasteiger partial charge is 0.316 e. The number of methoxy groups -OCH3 is 1. The van der Waals surface area contributed by atoms with Crippen LogP contribution in [0.1, 0.15) is 68.7 Å². The summed E-state index contributed by atoms with van der Waals surface area (Å²) in [6, 6.07) is 17.4. The third kappa shape index (κ3) is 3.85. The molecule has 0 unspecified atom stereocenters. The Morgan fingerprint density at radius 3 is 2.26 bits per heavy atom. The van der Waals surface area contributed by atoms with Crippen molar-refractivity contribution >= 4 is 16.9 Å². The summed E-state index contributed by atoms with van der Waals surface area (Å²) in [6.07, 6.45) is 7.64. The molecule has 0 amide bonds. The third-order valence-corrected chi connectivity index (χ3v) is 7.63. The Balaban J connectivity index is 1.74. The molecule has 0 saturated heterocycles. The molecule has 4 aromatic rings. The van der Waals surface area contributed by atoms with Crippen molar-refractivity contribution in [3.8, 4) is 16.9 Å². The van der Waals surface area contributed by atoms with Crippen molar-refractivity contribution in [2.45, 2.75) is 64.7 Å². The molecular formula is C31H34N2O2. The van der Waals surface area contributed by atoms with Gasteiger partial charge < -0.3 is 9.30 Å². The molecule has 180 valence electrons. The Morgan fingerprint density at radius 1 is 1.06 bits per heavy atom. The van der Waals surface area contributed by atoms with Gasteiger partial charge in [0.25, 0.3) is 0 Å². The summed E-state index contributed by atoms with van der Waals surface area (Å²) >= 11 is 0. The lowest BCUT2D eigenvalue weighted by molar-refractivity contribution is -0.143. The Labute approximate surface area is 208 Å². The molecule has 0 atom stereocenters. The van der Waals surface area contributed by atoms with E-state index in [-0.39, 0.29) is 5.97 Å². The molecule has 2 heterocycles. The Bertz CT molecular complexity index is 1370. The van der Waals surface area contributed by atoms with Crippen molar-refractivity contribution in [1.29, 1.82) is 0 Å². The summed E-state index contributed by atoms with van der Waals surface area (Å²) in [5.74, 6) is 0.332. The van der Waals surface area contributed by atoms with Gasteiger partial charge in [0, 0.05) is 22.8 Å². The van der Waals surface area contributed by atoms with Gasteiger partial charge in [0.15, 0.2) is 0 Å². The van der Waals surface area contributed by atoms with Crippen LogP contribution < -0.4 is 0 Å². The lowest BCUT2D eigenvalue weighted by atomic mass is 9.92. The van der Waals surface area contributed by atoms with Gasteiger partial charge in [-0.2, -0.15) is 0 Å². The van der Waals surface area contributed by atoms with Gasteiger partial charge in [-0.1, -0.05) is 58.0 Å². The second-order valence-electron chi connectivity index (χ2n) is 9.98. The number of nitrogens with zero attached hydrogens (tertiary/aromatic N) is 2. The van der Waals surface area contributed by atoms with Gasteiger partial charge in [0.1, 0.15) is 0 Å². The minimum atomic E-state index is -0.563. The zero-order valence-electron chi connectivity index (χ0n) is 21.4. The summed E-state index contributed by atoms with van der Waals surface area (Å²) in [5, 5.41) is 1.08. The van der Waals surface area contributed by atoms with Crippen LogP contribution in [-0.2, 0) is 27.8 Å². The molecule has 0 aliphatic heterocycles. The van der Waals surface area contributed by atoms with E-state index in [1.807, 2.05) is 6.20 Å². The van der Waals surface area contributed by atoms with Crippen molar-refractivity contribution in [2.24, 2.45) is 0 Å². The van der Waals surface area contributed by atoms with Crippen LogP contribution >= 0.6 is 0 Å². The van der Waals surface area contributed by atoms with Crippen molar-refractivity contribution in [3.63, 3.8) is 0 Å². The van der Waals surface area contributed by atoms with E-state index >= 15 is 0 Å². The van der Waals surface area contributed by atoms with Crippen molar-refractivity contribution in [2.75, 3.05) is 7.11 Å². The van der Waals surface area contributed by atoms with Crippen molar-refractivity contribution in [3.05, 3.63) is 83.2 Å². The van der Waals surface area contributed by atoms with Crippen LogP contribution in [0.2, 0.25) is 0 Å². The monoisotopic (exact) mass is 466 g/mol. The minimum absolute atomic E-state index is 0.145. The van der Waals surface area contributed by atoms with Gasteiger partial charge >= 0.3 is 5.97 Å². The average molecular weight is 467 g/mol. The van der Waals surface area contributed by atoms with Gasteiger partial charge in [0.05, 0.1) is 29.9 Å². The maximum absolute atomic E-state index is 12.9. The maximum atomic E-state index is 12.9. The molecule has 1 saturated carbocycles. The first-order valence-electron chi connectivity index (χ1n) is 12.7. The third-order valence-electron chi connectivity index (χ3n) is 7.63. The van der Waals surface area contributed by atoms with E-state index in [0.29, 0.717) is 5.92 Å². The van der Waals surface area contributed by atoms with Gasteiger partial charge in [-0.3, -0.25) is 9.78 Å². The highest BCUT2D eigenvalue weighted by atomic mass is 16.5. The Kier molecular flexibility index (Phi) is 6.00. The predicted molar refractivity (Wildman–Crippen MR) is 142 cm³/mol. The molecular weight excluding hydrogens is 432 g/mol. The van der Waals surface area contributed by atoms with Crippen LogP contribution in [0.5, 0.6) is 0 Å². The molecule has 0 radical (unpaired) electrons. The minimum Gasteiger partial charge on any atom is -0.468 e. The number of carbonyl (C=O) groups is 1. The van der Waals surface area contributed by atoms with E-state index in [2.05, 4.69) is 87.0 Å². The molecule has 1 aliphatic carbocycles. The van der Waals surface area contributed by atoms with Gasteiger partial charge in [-0.15, -0.1) is 0 Å². The number of esters is 1. The number of pyridine rings is 1. The Morgan fingerprint density at radius 2 is 1.71 bits per heavy atom. The normalized spacial score (nSPS) is 14.5. The van der Waals surface area contributed by atoms with E-state index in [0.717, 1.165) is 53.5 Å². The molecule has 4 heteroatoms. The second-order valence-corrected chi connectivity index (χ2v) is 9.98.